The molecule has 0 aliphatic rings. The van der Waals surface area contributed by atoms with Crippen LogP contribution in [0.4, 0.5) is 0 Å². The monoisotopic (exact) mass is 273 g/mol. The summed E-state index contributed by atoms with van der Waals surface area (Å²) in [6, 6.07) is 0. The molecule has 0 amide bonds. The summed E-state index contributed by atoms with van der Waals surface area (Å²) in [6.07, 6.45) is 4.38. The van der Waals surface area contributed by atoms with E-state index in [1.807, 2.05) is 13.8 Å². The fourth-order valence-electron chi connectivity index (χ4n) is 1.58. The first-order valence-corrected chi connectivity index (χ1v) is 7.45. The highest BCUT2D eigenvalue weighted by Crippen LogP contribution is 1.90. The summed E-state index contributed by atoms with van der Waals surface area (Å²) in [5, 5.41) is 6.60. The molecule has 114 valence electrons. The minimum atomic E-state index is 0.804. The van der Waals surface area contributed by atoms with Crippen LogP contribution in [0.3, 0.4) is 0 Å². The van der Waals surface area contributed by atoms with Gasteiger partial charge in [0.15, 0.2) is 5.96 Å². The van der Waals surface area contributed by atoms with Crippen LogP contribution in [0.5, 0.6) is 0 Å². The quantitative estimate of drug-likeness (QED) is 0.323. The Hall–Kier alpha value is -0.810. The highest BCUT2D eigenvalue weighted by atomic mass is 16.5. The maximum atomic E-state index is 5.29. The largest absolute Gasteiger partial charge is 0.382 e. The number of hydrogen-bond donors (Lipinski definition) is 2. The van der Waals surface area contributed by atoms with E-state index in [9.17, 15) is 0 Å². The van der Waals surface area contributed by atoms with Gasteiger partial charge in [-0.2, -0.15) is 0 Å². The van der Waals surface area contributed by atoms with Crippen molar-refractivity contribution in [3.8, 4) is 0 Å². The molecule has 19 heavy (non-hydrogen) atoms. The molecule has 0 fully saturated rings. The lowest BCUT2D eigenvalue weighted by Gasteiger charge is -2.11. The Morgan fingerprint density at radius 3 is 1.68 bits per heavy atom. The van der Waals surface area contributed by atoms with Gasteiger partial charge in [-0.05, 0) is 39.5 Å². The molecule has 0 unspecified atom stereocenters. The molecule has 0 aromatic rings. The van der Waals surface area contributed by atoms with E-state index < -0.39 is 0 Å². The van der Waals surface area contributed by atoms with Crippen LogP contribution in [-0.4, -0.2) is 52.5 Å². The fraction of sp³-hybridized carbons (Fsp3) is 0.929. The van der Waals surface area contributed by atoms with Crippen LogP contribution >= 0.6 is 0 Å². The van der Waals surface area contributed by atoms with Gasteiger partial charge in [0, 0.05) is 46.6 Å². The third-order valence-corrected chi connectivity index (χ3v) is 2.65. The number of hydrogen-bond acceptors (Lipinski definition) is 3. The van der Waals surface area contributed by atoms with E-state index in [0.717, 1.165) is 71.2 Å². The summed E-state index contributed by atoms with van der Waals surface area (Å²) in [5.41, 5.74) is 0. The van der Waals surface area contributed by atoms with E-state index in [2.05, 4.69) is 15.6 Å². The first kappa shape index (κ1) is 18.2. The molecule has 0 aliphatic carbocycles. The lowest BCUT2D eigenvalue weighted by molar-refractivity contribution is 0.143. The van der Waals surface area contributed by atoms with Crippen LogP contribution in [0, 0.1) is 0 Å². The van der Waals surface area contributed by atoms with Gasteiger partial charge in [0.25, 0.3) is 0 Å². The van der Waals surface area contributed by atoms with Crippen molar-refractivity contribution in [2.75, 3.05) is 46.6 Å². The Kier molecular flexibility index (Phi) is 14.6. The summed E-state index contributed by atoms with van der Waals surface area (Å²) in [5.74, 6) is 0.882. The third kappa shape index (κ3) is 13.4. The third-order valence-electron chi connectivity index (χ3n) is 2.65. The minimum absolute atomic E-state index is 0.804. The maximum Gasteiger partial charge on any atom is 0.190 e. The van der Waals surface area contributed by atoms with Gasteiger partial charge in [0.05, 0.1) is 0 Å². The number of rotatable bonds is 12. The van der Waals surface area contributed by atoms with Gasteiger partial charge in [-0.25, -0.2) is 0 Å². The predicted octanol–water partition coefficient (Wildman–Crippen LogP) is 1.78. The lowest BCUT2D eigenvalue weighted by Crippen LogP contribution is -2.38. The van der Waals surface area contributed by atoms with Crippen molar-refractivity contribution in [1.29, 1.82) is 0 Å². The van der Waals surface area contributed by atoms with E-state index in [1.54, 1.807) is 7.05 Å². The summed E-state index contributed by atoms with van der Waals surface area (Å²) >= 11 is 0. The second-order valence-electron chi connectivity index (χ2n) is 4.23. The van der Waals surface area contributed by atoms with E-state index in [0.29, 0.717) is 0 Å². The summed E-state index contributed by atoms with van der Waals surface area (Å²) in [4.78, 5) is 4.19. The molecule has 0 aromatic heterocycles. The molecule has 0 saturated heterocycles. The van der Waals surface area contributed by atoms with Crippen LogP contribution < -0.4 is 10.6 Å². The molecule has 2 N–H and O–H groups in total. The van der Waals surface area contributed by atoms with Gasteiger partial charge < -0.3 is 20.1 Å². The zero-order chi connectivity index (χ0) is 14.2. The molecule has 0 aromatic carbocycles. The first-order valence-electron chi connectivity index (χ1n) is 7.45. The van der Waals surface area contributed by atoms with Crippen LogP contribution in [0.25, 0.3) is 0 Å². The van der Waals surface area contributed by atoms with Gasteiger partial charge in [0.2, 0.25) is 0 Å². The molecular formula is C14H31N3O2. The smallest absolute Gasteiger partial charge is 0.190 e. The van der Waals surface area contributed by atoms with Crippen LogP contribution in [-0.2, 0) is 9.47 Å². The molecule has 5 heteroatoms. The summed E-state index contributed by atoms with van der Waals surface area (Å²) in [7, 11) is 1.80. The van der Waals surface area contributed by atoms with Crippen LogP contribution in [0.2, 0.25) is 0 Å². The Labute approximate surface area is 118 Å². The molecule has 0 aliphatic heterocycles. The highest BCUT2D eigenvalue weighted by molar-refractivity contribution is 5.79. The lowest BCUT2D eigenvalue weighted by atomic mass is 10.3. The van der Waals surface area contributed by atoms with E-state index in [4.69, 9.17) is 9.47 Å². The fourth-order valence-corrected chi connectivity index (χ4v) is 1.58. The van der Waals surface area contributed by atoms with Crippen molar-refractivity contribution < 1.29 is 9.47 Å². The zero-order valence-corrected chi connectivity index (χ0v) is 12.8. The Bertz CT molecular complexity index is 193. The van der Waals surface area contributed by atoms with Crippen molar-refractivity contribution in [3.63, 3.8) is 0 Å². The van der Waals surface area contributed by atoms with E-state index in [1.165, 1.54) is 0 Å². The SMILES string of the molecule is CCOCCCCNC(=NC)NCCCCOCC. The molecule has 0 bridgehead atoms. The summed E-state index contributed by atoms with van der Waals surface area (Å²) in [6.45, 7) is 9.22. The normalized spacial score (nSPS) is 10.3. The van der Waals surface area contributed by atoms with E-state index in [-0.39, 0.29) is 0 Å². The van der Waals surface area contributed by atoms with Gasteiger partial charge in [-0.15, -0.1) is 0 Å². The Morgan fingerprint density at radius 2 is 1.32 bits per heavy atom. The number of nitrogens with one attached hydrogen (secondary N) is 2. The topological polar surface area (TPSA) is 54.9 Å². The van der Waals surface area contributed by atoms with Crippen molar-refractivity contribution >= 4 is 5.96 Å². The van der Waals surface area contributed by atoms with Gasteiger partial charge in [0.1, 0.15) is 0 Å². The number of unbranched alkanes of at least 4 members (excludes halogenated alkanes) is 2. The number of nitrogens with zero attached hydrogens (tertiary/aromatic N) is 1. The first-order chi connectivity index (χ1) is 9.35. The average molecular weight is 273 g/mol. The molecule has 0 saturated carbocycles. The predicted molar refractivity (Wildman–Crippen MR) is 80.8 cm³/mol. The second kappa shape index (κ2) is 15.2. The summed E-state index contributed by atoms with van der Waals surface area (Å²) < 4.78 is 10.6. The standard InChI is InChI=1S/C14H31N3O2/c1-4-18-12-8-6-10-16-14(15-3)17-11-7-9-13-19-5-2/h4-13H2,1-3H3,(H2,15,16,17). The maximum absolute atomic E-state index is 5.29. The molecular weight excluding hydrogens is 242 g/mol. The zero-order valence-electron chi connectivity index (χ0n) is 12.8. The number of ether oxygens (including phenoxy) is 2. The number of aliphatic imine (C=N–C) groups is 1. The van der Waals surface area contributed by atoms with Gasteiger partial charge in [-0.1, -0.05) is 0 Å². The van der Waals surface area contributed by atoms with Crippen molar-refractivity contribution in [3.05, 3.63) is 0 Å². The van der Waals surface area contributed by atoms with Gasteiger partial charge >= 0.3 is 0 Å². The van der Waals surface area contributed by atoms with E-state index >= 15 is 0 Å². The van der Waals surface area contributed by atoms with Crippen molar-refractivity contribution in [1.82, 2.24) is 10.6 Å². The molecule has 0 radical (unpaired) electrons. The van der Waals surface area contributed by atoms with Crippen LogP contribution in [0.15, 0.2) is 4.99 Å². The average Bonchev–Trinajstić information content (AvgIpc) is 2.44. The van der Waals surface area contributed by atoms with Crippen molar-refractivity contribution in [2.24, 2.45) is 4.99 Å². The minimum Gasteiger partial charge on any atom is -0.382 e. The Morgan fingerprint density at radius 1 is 0.842 bits per heavy atom. The van der Waals surface area contributed by atoms with Gasteiger partial charge in [-0.3, -0.25) is 4.99 Å². The molecule has 0 heterocycles. The molecule has 0 spiro atoms. The highest BCUT2D eigenvalue weighted by Gasteiger charge is 1.96. The molecule has 0 rings (SSSR count). The number of guanidine groups is 1. The second-order valence-corrected chi connectivity index (χ2v) is 4.23. The van der Waals surface area contributed by atoms with Crippen LogP contribution in [0.1, 0.15) is 39.5 Å². The van der Waals surface area contributed by atoms with Crippen molar-refractivity contribution in [2.45, 2.75) is 39.5 Å². The molecule has 0 atom stereocenters. The molecule has 5 nitrogen and oxygen atoms in total. The Balaban J connectivity index is 3.36.